The maximum Gasteiger partial charge on any atom is 0.232 e. The summed E-state index contributed by atoms with van der Waals surface area (Å²) in [5.74, 6) is 0.729. The molecule has 4 heteroatoms. The molecule has 1 amide bonds. The molecule has 118 valence electrons. The molecule has 2 aromatic carbocycles. The molecule has 0 saturated carbocycles. The topological polar surface area (TPSA) is 50.4 Å². The molecule has 2 N–H and O–H groups in total. The van der Waals surface area contributed by atoms with E-state index in [4.69, 9.17) is 4.74 Å². The summed E-state index contributed by atoms with van der Waals surface area (Å²) in [6.07, 6.45) is 2.92. The Hall–Kier alpha value is -2.49. The summed E-state index contributed by atoms with van der Waals surface area (Å²) in [4.78, 5) is 12.7. The van der Waals surface area contributed by atoms with Gasteiger partial charge in [-0.3, -0.25) is 4.79 Å². The van der Waals surface area contributed by atoms with E-state index in [1.807, 2.05) is 30.3 Å². The molecular weight excluding hydrogens is 288 g/mol. The average molecular weight is 308 g/mol. The van der Waals surface area contributed by atoms with Crippen molar-refractivity contribution in [3.05, 3.63) is 53.6 Å². The number of hydrogen-bond donors (Lipinski definition) is 2. The van der Waals surface area contributed by atoms with Gasteiger partial charge < -0.3 is 15.4 Å². The standard InChI is InChI=1S/C19H20N2O2/c22-19(16-9-11-23-18-6-2-1-5-15(16)18)21-14-7-8-17-13(12-14)4-3-10-20-17/h1-2,5-8,12,16,20H,3-4,9-11H2,(H,21,22)/t16-/m1/s1. The van der Waals surface area contributed by atoms with Gasteiger partial charge in [0.2, 0.25) is 5.91 Å². The van der Waals surface area contributed by atoms with Crippen LogP contribution in [0.2, 0.25) is 0 Å². The Kier molecular flexibility index (Phi) is 3.66. The summed E-state index contributed by atoms with van der Waals surface area (Å²) in [6, 6.07) is 13.9. The summed E-state index contributed by atoms with van der Waals surface area (Å²) >= 11 is 0. The first-order valence-corrected chi connectivity index (χ1v) is 8.21. The fourth-order valence-electron chi connectivity index (χ4n) is 3.40. The normalized spacial score (nSPS) is 18.9. The number of carbonyl (C=O) groups is 1. The predicted molar refractivity (Wildman–Crippen MR) is 91.2 cm³/mol. The lowest BCUT2D eigenvalue weighted by atomic mass is 9.92. The van der Waals surface area contributed by atoms with E-state index in [-0.39, 0.29) is 11.8 Å². The van der Waals surface area contributed by atoms with Gasteiger partial charge in [-0.05, 0) is 49.1 Å². The number of para-hydroxylation sites is 1. The number of fused-ring (bicyclic) bond motifs is 2. The molecule has 0 spiro atoms. The molecule has 0 fully saturated rings. The molecule has 0 radical (unpaired) electrons. The lowest BCUT2D eigenvalue weighted by Crippen LogP contribution is -2.26. The number of carbonyl (C=O) groups excluding carboxylic acids is 1. The fourth-order valence-corrected chi connectivity index (χ4v) is 3.40. The molecule has 2 aromatic rings. The van der Waals surface area contributed by atoms with Crippen molar-refractivity contribution in [2.75, 3.05) is 23.8 Å². The Bertz CT molecular complexity index is 742. The molecule has 4 rings (SSSR count). The summed E-state index contributed by atoms with van der Waals surface area (Å²) in [5, 5.41) is 6.47. The number of amides is 1. The molecule has 0 bridgehead atoms. The zero-order valence-electron chi connectivity index (χ0n) is 13.0. The van der Waals surface area contributed by atoms with Crippen molar-refractivity contribution in [3.63, 3.8) is 0 Å². The van der Waals surface area contributed by atoms with Gasteiger partial charge in [0.15, 0.2) is 0 Å². The number of benzene rings is 2. The van der Waals surface area contributed by atoms with E-state index in [9.17, 15) is 4.79 Å². The zero-order chi connectivity index (χ0) is 15.6. The number of hydrogen-bond acceptors (Lipinski definition) is 3. The van der Waals surface area contributed by atoms with Crippen molar-refractivity contribution < 1.29 is 9.53 Å². The van der Waals surface area contributed by atoms with E-state index < -0.39 is 0 Å². The minimum atomic E-state index is -0.144. The van der Waals surface area contributed by atoms with Crippen LogP contribution in [0.1, 0.15) is 29.9 Å². The first-order valence-electron chi connectivity index (χ1n) is 8.21. The molecule has 23 heavy (non-hydrogen) atoms. The van der Waals surface area contributed by atoms with Crippen LogP contribution in [-0.2, 0) is 11.2 Å². The van der Waals surface area contributed by atoms with Gasteiger partial charge in [0.05, 0.1) is 12.5 Å². The van der Waals surface area contributed by atoms with Gasteiger partial charge in [0, 0.05) is 23.5 Å². The molecule has 2 aliphatic rings. The maximum atomic E-state index is 12.7. The third-order valence-corrected chi connectivity index (χ3v) is 4.59. The third-order valence-electron chi connectivity index (χ3n) is 4.59. The van der Waals surface area contributed by atoms with Crippen LogP contribution < -0.4 is 15.4 Å². The van der Waals surface area contributed by atoms with Crippen molar-refractivity contribution in [2.24, 2.45) is 0 Å². The van der Waals surface area contributed by atoms with E-state index in [2.05, 4.69) is 22.8 Å². The highest BCUT2D eigenvalue weighted by Crippen LogP contribution is 2.34. The minimum absolute atomic E-state index is 0.0458. The van der Waals surface area contributed by atoms with Gasteiger partial charge in [-0.15, -0.1) is 0 Å². The maximum absolute atomic E-state index is 12.7. The van der Waals surface area contributed by atoms with Crippen molar-refractivity contribution in [3.8, 4) is 5.75 Å². The van der Waals surface area contributed by atoms with Crippen LogP contribution in [-0.4, -0.2) is 19.1 Å². The average Bonchev–Trinajstić information content (AvgIpc) is 2.61. The van der Waals surface area contributed by atoms with E-state index in [1.54, 1.807) is 0 Å². The van der Waals surface area contributed by atoms with Crippen molar-refractivity contribution >= 4 is 17.3 Å². The lowest BCUT2D eigenvalue weighted by Gasteiger charge is -2.25. The molecule has 0 aromatic heterocycles. The zero-order valence-corrected chi connectivity index (χ0v) is 13.0. The minimum Gasteiger partial charge on any atom is -0.493 e. The van der Waals surface area contributed by atoms with E-state index >= 15 is 0 Å². The van der Waals surface area contributed by atoms with Gasteiger partial charge in [0.25, 0.3) is 0 Å². The van der Waals surface area contributed by atoms with Gasteiger partial charge in [0.1, 0.15) is 5.75 Å². The molecule has 2 aliphatic heterocycles. The van der Waals surface area contributed by atoms with Gasteiger partial charge >= 0.3 is 0 Å². The van der Waals surface area contributed by atoms with Gasteiger partial charge in [-0.2, -0.15) is 0 Å². The molecule has 0 saturated heterocycles. The number of aryl methyl sites for hydroxylation is 1. The lowest BCUT2D eigenvalue weighted by molar-refractivity contribution is -0.118. The summed E-state index contributed by atoms with van der Waals surface area (Å²) in [7, 11) is 0. The highest BCUT2D eigenvalue weighted by Gasteiger charge is 2.27. The van der Waals surface area contributed by atoms with Gasteiger partial charge in [-0.25, -0.2) is 0 Å². The highest BCUT2D eigenvalue weighted by molar-refractivity contribution is 5.96. The SMILES string of the molecule is O=C(Nc1ccc2c(c1)CCCN2)[C@@H]1CCOc2ccccc21. The molecule has 4 nitrogen and oxygen atoms in total. The first-order chi connectivity index (χ1) is 11.3. The van der Waals surface area contributed by atoms with Crippen LogP contribution >= 0.6 is 0 Å². The number of nitrogens with one attached hydrogen (secondary N) is 2. The predicted octanol–water partition coefficient (Wildman–Crippen LogP) is 3.55. The largest absolute Gasteiger partial charge is 0.493 e. The second kappa shape index (κ2) is 5.95. The molecule has 0 unspecified atom stereocenters. The molecular formula is C19H20N2O2. The van der Waals surface area contributed by atoms with E-state index in [0.717, 1.165) is 42.8 Å². The second-order valence-corrected chi connectivity index (χ2v) is 6.12. The van der Waals surface area contributed by atoms with E-state index in [1.165, 1.54) is 11.3 Å². The van der Waals surface area contributed by atoms with Crippen LogP contribution in [0, 0.1) is 0 Å². The Labute approximate surface area is 135 Å². The molecule has 1 atom stereocenters. The Morgan fingerprint density at radius 2 is 2.13 bits per heavy atom. The van der Waals surface area contributed by atoms with Crippen LogP contribution in [0.3, 0.4) is 0 Å². The van der Waals surface area contributed by atoms with E-state index in [0.29, 0.717) is 6.61 Å². The molecule has 2 heterocycles. The Morgan fingerprint density at radius 3 is 3.09 bits per heavy atom. The Morgan fingerprint density at radius 1 is 1.22 bits per heavy atom. The van der Waals surface area contributed by atoms with Crippen LogP contribution in [0.15, 0.2) is 42.5 Å². The quantitative estimate of drug-likeness (QED) is 0.892. The van der Waals surface area contributed by atoms with Crippen molar-refractivity contribution in [1.29, 1.82) is 0 Å². The molecule has 0 aliphatic carbocycles. The summed E-state index contributed by atoms with van der Waals surface area (Å²) in [6.45, 7) is 1.61. The Balaban J connectivity index is 1.55. The number of ether oxygens (including phenoxy) is 1. The van der Waals surface area contributed by atoms with Gasteiger partial charge in [-0.1, -0.05) is 18.2 Å². The smallest absolute Gasteiger partial charge is 0.232 e. The second-order valence-electron chi connectivity index (χ2n) is 6.12. The first kappa shape index (κ1) is 14.1. The third kappa shape index (κ3) is 2.77. The summed E-state index contributed by atoms with van der Waals surface area (Å²) < 4.78 is 5.64. The fraction of sp³-hybridized carbons (Fsp3) is 0.316. The van der Waals surface area contributed by atoms with Crippen molar-refractivity contribution in [1.82, 2.24) is 0 Å². The van der Waals surface area contributed by atoms with Crippen LogP contribution in [0.5, 0.6) is 5.75 Å². The van der Waals surface area contributed by atoms with Crippen LogP contribution in [0.25, 0.3) is 0 Å². The van der Waals surface area contributed by atoms with Crippen LogP contribution in [0.4, 0.5) is 11.4 Å². The number of rotatable bonds is 2. The summed E-state index contributed by atoms with van der Waals surface area (Å²) in [5.41, 5.74) is 4.32. The highest BCUT2D eigenvalue weighted by atomic mass is 16.5. The van der Waals surface area contributed by atoms with Crippen molar-refractivity contribution in [2.45, 2.75) is 25.2 Å². The number of anilines is 2. The monoisotopic (exact) mass is 308 g/mol.